The molecule has 0 heterocycles. The predicted molar refractivity (Wildman–Crippen MR) is 118 cm³/mol. The number of hydrogen-bond donors (Lipinski definition) is 4. The number of aliphatic carboxylic acids is 1. The van der Waals surface area contributed by atoms with Gasteiger partial charge in [-0.2, -0.15) is 0 Å². The van der Waals surface area contributed by atoms with Crippen molar-refractivity contribution in [1.82, 2.24) is 0 Å². The van der Waals surface area contributed by atoms with Crippen molar-refractivity contribution in [3.8, 4) is 0 Å². The van der Waals surface area contributed by atoms with Crippen LogP contribution in [0.5, 0.6) is 0 Å². The van der Waals surface area contributed by atoms with Crippen LogP contribution in [0.1, 0.15) is 37.7 Å². The van der Waals surface area contributed by atoms with Gasteiger partial charge in [0.2, 0.25) is 0 Å². The molecule has 11 nitrogen and oxygen atoms in total. The highest BCUT2D eigenvalue weighted by molar-refractivity contribution is 5.81. The van der Waals surface area contributed by atoms with E-state index in [1.807, 2.05) is 30.3 Å². The minimum Gasteiger partial charge on any atom is -0.480 e. The highest BCUT2D eigenvalue weighted by Gasteiger charge is 2.24. The van der Waals surface area contributed by atoms with E-state index in [0.29, 0.717) is 32.2 Å². The third kappa shape index (κ3) is 12.6. The topological polar surface area (TPSA) is 194 Å². The summed E-state index contributed by atoms with van der Waals surface area (Å²) < 4.78 is 15.3. The van der Waals surface area contributed by atoms with Gasteiger partial charge in [-0.1, -0.05) is 30.3 Å². The van der Waals surface area contributed by atoms with Crippen molar-refractivity contribution in [1.29, 1.82) is 0 Å². The molecule has 7 N–H and O–H groups in total. The smallest absolute Gasteiger partial charge is 0.323 e. The molecule has 0 bridgehead atoms. The Morgan fingerprint density at radius 3 is 2.15 bits per heavy atom. The van der Waals surface area contributed by atoms with Gasteiger partial charge in [-0.05, 0) is 37.8 Å². The summed E-state index contributed by atoms with van der Waals surface area (Å²) in [7, 11) is 0. The van der Waals surface area contributed by atoms with Crippen LogP contribution in [0.4, 0.5) is 0 Å². The maximum Gasteiger partial charge on any atom is 0.323 e. The van der Waals surface area contributed by atoms with E-state index in [4.69, 9.17) is 36.5 Å². The minimum atomic E-state index is -1.43. The second kappa shape index (κ2) is 15.7. The van der Waals surface area contributed by atoms with E-state index < -0.39 is 55.1 Å². The lowest BCUT2D eigenvalue weighted by Crippen LogP contribution is -2.39. The van der Waals surface area contributed by atoms with Crippen molar-refractivity contribution in [3.05, 3.63) is 35.9 Å². The summed E-state index contributed by atoms with van der Waals surface area (Å²) in [5.41, 5.74) is 17.5. The first-order valence-corrected chi connectivity index (χ1v) is 10.7. The predicted octanol–water partition coefficient (Wildman–Crippen LogP) is -0.124. The minimum absolute atomic E-state index is 0.152. The largest absolute Gasteiger partial charge is 0.480 e. The van der Waals surface area contributed by atoms with Crippen molar-refractivity contribution in [3.63, 3.8) is 0 Å². The summed E-state index contributed by atoms with van der Waals surface area (Å²) >= 11 is 0. The van der Waals surface area contributed by atoms with Gasteiger partial charge in [0.25, 0.3) is 0 Å². The monoisotopic (exact) mass is 467 g/mol. The molecule has 2 unspecified atom stereocenters. The Balaban J connectivity index is 2.54. The number of carboxylic acid groups (broad SMARTS) is 1. The van der Waals surface area contributed by atoms with Gasteiger partial charge in [-0.25, -0.2) is 0 Å². The first-order valence-electron chi connectivity index (χ1n) is 10.7. The van der Waals surface area contributed by atoms with Gasteiger partial charge >= 0.3 is 23.9 Å². The van der Waals surface area contributed by atoms with E-state index in [1.54, 1.807) is 0 Å². The van der Waals surface area contributed by atoms with E-state index in [9.17, 15) is 19.2 Å². The van der Waals surface area contributed by atoms with E-state index in [1.165, 1.54) is 0 Å². The number of carbonyl (C=O) groups excluding carboxylic acids is 3. The molecule has 0 aromatic heterocycles. The second-order valence-electron chi connectivity index (χ2n) is 7.45. The van der Waals surface area contributed by atoms with Gasteiger partial charge in [0, 0.05) is 6.42 Å². The van der Waals surface area contributed by atoms with Gasteiger partial charge in [0.15, 0.2) is 6.10 Å². The van der Waals surface area contributed by atoms with Gasteiger partial charge < -0.3 is 36.5 Å². The lowest BCUT2D eigenvalue weighted by Gasteiger charge is -2.20. The number of rotatable bonds is 16. The lowest BCUT2D eigenvalue weighted by molar-refractivity contribution is -0.168. The summed E-state index contributed by atoms with van der Waals surface area (Å²) in [4.78, 5) is 46.8. The maximum atomic E-state index is 12.2. The number of aryl methyl sites for hydroxylation is 1. The van der Waals surface area contributed by atoms with Crippen molar-refractivity contribution in [2.45, 2.75) is 56.7 Å². The molecule has 1 aromatic rings. The Morgan fingerprint density at radius 2 is 1.55 bits per heavy atom. The van der Waals surface area contributed by atoms with Crippen LogP contribution in [-0.4, -0.2) is 66.9 Å². The van der Waals surface area contributed by atoms with Crippen LogP contribution >= 0.6 is 0 Å². The molecule has 0 saturated carbocycles. The summed E-state index contributed by atoms with van der Waals surface area (Å²) in [6, 6.07) is 7.28. The van der Waals surface area contributed by atoms with Gasteiger partial charge in [0.1, 0.15) is 25.3 Å². The quantitative estimate of drug-likeness (QED) is 0.187. The molecule has 0 aliphatic heterocycles. The molecule has 1 aromatic carbocycles. The third-order valence-corrected chi connectivity index (χ3v) is 4.56. The standard InChI is InChI=1S/C22H33N3O8/c23-11-5-9-17(24)22(30)33-16(14-32-20(27)12-18(25)21(28)29)13-31-19(26)10-4-8-15-6-2-1-3-7-15/h1-3,6-7,16-18H,4-5,8-14,23-25H2,(H,28,29)/t16?,17?,18-/m0/s1. The Bertz CT molecular complexity index is 759. The number of carboxylic acids is 1. The molecule has 0 spiro atoms. The van der Waals surface area contributed by atoms with E-state index in [-0.39, 0.29) is 13.0 Å². The van der Waals surface area contributed by atoms with Crippen LogP contribution in [-0.2, 0) is 39.8 Å². The van der Waals surface area contributed by atoms with E-state index >= 15 is 0 Å². The third-order valence-electron chi connectivity index (χ3n) is 4.56. The van der Waals surface area contributed by atoms with Crippen LogP contribution in [0.3, 0.4) is 0 Å². The van der Waals surface area contributed by atoms with E-state index in [2.05, 4.69) is 0 Å². The van der Waals surface area contributed by atoms with Gasteiger partial charge in [-0.3, -0.25) is 19.2 Å². The summed E-state index contributed by atoms with van der Waals surface area (Å²) in [6.07, 6.45) is 0.563. The molecule has 0 amide bonds. The highest BCUT2D eigenvalue weighted by Crippen LogP contribution is 2.07. The fourth-order valence-corrected chi connectivity index (χ4v) is 2.67. The van der Waals surface area contributed by atoms with Crippen molar-refractivity contribution in [2.24, 2.45) is 17.2 Å². The average molecular weight is 468 g/mol. The maximum absolute atomic E-state index is 12.2. The van der Waals surface area contributed by atoms with Crippen LogP contribution < -0.4 is 17.2 Å². The fraction of sp³-hybridized carbons (Fsp3) is 0.545. The molecule has 0 radical (unpaired) electrons. The van der Waals surface area contributed by atoms with Gasteiger partial charge in [-0.15, -0.1) is 0 Å². The van der Waals surface area contributed by atoms with Crippen molar-refractivity contribution >= 4 is 23.9 Å². The van der Waals surface area contributed by atoms with Crippen molar-refractivity contribution in [2.75, 3.05) is 19.8 Å². The molecule has 0 aliphatic rings. The fourth-order valence-electron chi connectivity index (χ4n) is 2.67. The zero-order valence-electron chi connectivity index (χ0n) is 18.5. The molecule has 0 fully saturated rings. The first kappa shape index (κ1) is 28.0. The number of benzene rings is 1. The lowest BCUT2D eigenvalue weighted by atomic mass is 10.1. The van der Waals surface area contributed by atoms with Crippen LogP contribution in [0.15, 0.2) is 30.3 Å². The van der Waals surface area contributed by atoms with Gasteiger partial charge in [0.05, 0.1) is 6.42 Å². The number of esters is 3. The molecule has 0 aliphatic carbocycles. The van der Waals surface area contributed by atoms with E-state index in [0.717, 1.165) is 5.56 Å². The highest BCUT2D eigenvalue weighted by atomic mass is 16.6. The first-order chi connectivity index (χ1) is 15.7. The Labute approximate surface area is 192 Å². The molecule has 1 rings (SSSR count). The van der Waals surface area contributed by atoms with Crippen LogP contribution in [0.25, 0.3) is 0 Å². The molecular weight excluding hydrogens is 434 g/mol. The molecule has 0 saturated heterocycles. The Morgan fingerprint density at radius 1 is 0.909 bits per heavy atom. The molecule has 184 valence electrons. The number of hydrogen-bond acceptors (Lipinski definition) is 10. The number of carbonyl (C=O) groups is 4. The normalized spacial score (nSPS) is 13.4. The summed E-state index contributed by atoms with van der Waals surface area (Å²) in [6.45, 7) is -0.442. The molecule has 11 heteroatoms. The SMILES string of the molecule is NCCCC(N)C(=O)OC(COC(=O)CCCc1ccccc1)COC(=O)C[C@H](N)C(=O)O. The zero-order valence-corrected chi connectivity index (χ0v) is 18.5. The Kier molecular flexibility index (Phi) is 13.4. The second-order valence-corrected chi connectivity index (χ2v) is 7.45. The van der Waals surface area contributed by atoms with Crippen LogP contribution in [0.2, 0.25) is 0 Å². The zero-order chi connectivity index (χ0) is 24.6. The van der Waals surface area contributed by atoms with Crippen molar-refractivity contribution < 1.29 is 38.5 Å². The molecular formula is C22H33N3O8. The number of nitrogens with two attached hydrogens (primary N) is 3. The summed E-state index contributed by atoms with van der Waals surface area (Å²) in [5, 5.41) is 8.77. The molecule has 33 heavy (non-hydrogen) atoms. The van der Waals surface area contributed by atoms with Crippen LogP contribution in [0, 0.1) is 0 Å². The average Bonchev–Trinajstić information content (AvgIpc) is 2.79. The Hall–Kier alpha value is -3.02. The summed E-state index contributed by atoms with van der Waals surface area (Å²) in [5.74, 6) is -3.51. The molecule has 3 atom stereocenters. The number of ether oxygens (including phenoxy) is 3.